The fourth-order valence-electron chi connectivity index (χ4n) is 3.15. The largest absolute Gasteiger partial charge is 0.478 e. The van der Waals surface area contributed by atoms with Crippen LogP contribution in [0.4, 0.5) is 0 Å². The molecule has 0 aliphatic carbocycles. The molecule has 0 aliphatic rings. The molecule has 2 heterocycles. The molecule has 0 atom stereocenters. The number of aromatic carboxylic acids is 1. The number of fused-ring (bicyclic) bond motifs is 1. The molecule has 0 amide bonds. The van der Waals surface area contributed by atoms with Crippen LogP contribution in [0, 0.1) is 0 Å². The first-order valence-electron chi connectivity index (χ1n) is 9.48. The molecule has 28 heavy (non-hydrogen) atoms. The summed E-state index contributed by atoms with van der Waals surface area (Å²) in [6, 6.07) is 14.3. The van der Waals surface area contributed by atoms with E-state index in [4.69, 9.17) is 5.11 Å². The molecule has 2 N–H and O–H groups in total. The van der Waals surface area contributed by atoms with E-state index < -0.39 is 5.97 Å². The molecular weight excluding hydrogens is 352 g/mol. The summed E-state index contributed by atoms with van der Waals surface area (Å²) in [6.45, 7) is 7.42. The van der Waals surface area contributed by atoms with Gasteiger partial charge in [-0.25, -0.2) is 4.79 Å². The van der Waals surface area contributed by atoms with Gasteiger partial charge in [-0.2, -0.15) is 0 Å². The molecule has 146 valence electrons. The number of rotatable bonds is 7. The van der Waals surface area contributed by atoms with Crippen molar-refractivity contribution in [2.24, 2.45) is 0 Å². The number of hydrogen-bond acceptors (Lipinski definition) is 3. The first-order valence-corrected chi connectivity index (χ1v) is 9.48. The van der Waals surface area contributed by atoms with E-state index in [1.54, 1.807) is 28.8 Å². The van der Waals surface area contributed by atoms with Crippen LogP contribution in [-0.2, 0) is 6.42 Å². The van der Waals surface area contributed by atoms with Gasteiger partial charge in [0.25, 0.3) is 0 Å². The van der Waals surface area contributed by atoms with Crippen LogP contribution in [0.25, 0.3) is 5.52 Å². The van der Waals surface area contributed by atoms with Crippen molar-refractivity contribution in [2.45, 2.75) is 39.2 Å². The van der Waals surface area contributed by atoms with Crippen molar-refractivity contribution in [2.75, 3.05) is 6.54 Å². The first-order chi connectivity index (χ1) is 13.2. The standard InChI is InChI=1S/C23H26N2O3/c1-23(2,3)24-13-4-5-16-6-8-17(9-7-16)21(26)20-11-10-19-15-18(22(27)28)12-14-25(19)20/h6-12,14-15,24H,4-5,13H2,1-3H3,(H,27,28). The molecule has 3 aromatic rings. The lowest BCUT2D eigenvalue weighted by atomic mass is 10.0. The molecule has 2 aromatic heterocycles. The molecule has 1 aromatic carbocycles. The molecule has 5 nitrogen and oxygen atoms in total. The van der Waals surface area contributed by atoms with Crippen LogP contribution in [0.5, 0.6) is 0 Å². The molecule has 0 spiro atoms. The number of nitrogens with zero attached hydrogens (tertiary/aromatic N) is 1. The Labute approximate surface area is 165 Å². The second kappa shape index (κ2) is 7.98. The summed E-state index contributed by atoms with van der Waals surface area (Å²) in [5, 5.41) is 12.6. The number of ketones is 1. The van der Waals surface area contributed by atoms with Gasteiger partial charge in [0.05, 0.1) is 11.3 Å². The number of pyridine rings is 1. The summed E-state index contributed by atoms with van der Waals surface area (Å²) in [4.78, 5) is 24.0. The Balaban J connectivity index is 1.69. The normalized spacial score (nSPS) is 11.7. The summed E-state index contributed by atoms with van der Waals surface area (Å²) in [7, 11) is 0. The Kier molecular flexibility index (Phi) is 5.66. The molecule has 0 unspecified atom stereocenters. The average molecular weight is 378 g/mol. The lowest BCUT2D eigenvalue weighted by Crippen LogP contribution is -2.36. The number of nitrogens with one attached hydrogen (secondary N) is 1. The Morgan fingerprint density at radius 3 is 2.36 bits per heavy atom. The van der Waals surface area contributed by atoms with E-state index in [0.29, 0.717) is 16.8 Å². The predicted molar refractivity (Wildman–Crippen MR) is 110 cm³/mol. The zero-order chi connectivity index (χ0) is 20.3. The number of benzene rings is 1. The van der Waals surface area contributed by atoms with Crippen molar-refractivity contribution >= 4 is 17.3 Å². The zero-order valence-corrected chi connectivity index (χ0v) is 16.5. The summed E-state index contributed by atoms with van der Waals surface area (Å²) in [5.74, 6) is -1.06. The van der Waals surface area contributed by atoms with Crippen molar-refractivity contribution in [3.63, 3.8) is 0 Å². The van der Waals surface area contributed by atoms with E-state index in [9.17, 15) is 9.59 Å². The van der Waals surface area contributed by atoms with E-state index in [-0.39, 0.29) is 16.9 Å². The van der Waals surface area contributed by atoms with Crippen molar-refractivity contribution < 1.29 is 14.7 Å². The van der Waals surface area contributed by atoms with E-state index >= 15 is 0 Å². The van der Waals surface area contributed by atoms with Gasteiger partial charge < -0.3 is 14.8 Å². The minimum atomic E-state index is -0.982. The number of hydrogen-bond donors (Lipinski definition) is 2. The molecule has 0 aliphatic heterocycles. The van der Waals surface area contributed by atoms with Gasteiger partial charge in [-0.1, -0.05) is 24.3 Å². The Bertz CT molecular complexity index is 995. The highest BCUT2D eigenvalue weighted by molar-refractivity contribution is 6.08. The zero-order valence-electron chi connectivity index (χ0n) is 16.5. The Hall–Kier alpha value is -2.92. The number of carboxylic acid groups (broad SMARTS) is 1. The number of aryl methyl sites for hydroxylation is 1. The van der Waals surface area contributed by atoms with Gasteiger partial charge in [-0.15, -0.1) is 0 Å². The van der Waals surface area contributed by atoms with Crippen molar-refractivity contribution in [3.8, 4) is 0 Å². The monoisotopic (exact) mass is 378 g/mol. The van der Waals surface area contributed by atoms with E-state index in [1.165, 1.54) is 11.6 Å². The third-order valence-corrected chi connectivity index (χ3v) is 4.65. The van der Waals surface area contributed by atoms with Gasteiger partial charge in [0.2, 0.25) is 5.78 Å². The SMILES string of the molecule is CC(C)(C)NCCCc1ccc(C(=O)c2ccc3cc(C(=O)O)ccn23)cc1. The Morgan fingerprint density at radius 2 is 1.71 bits per heavy atom. The van der Waals surface area contributed by atoms with Crippen LogP contribution in [-0.4, -0.2) is 33.3 Å². The van der Waals surface area contributed by atoms with Crippen LogP contribution in [0.3, 0.4) is 0 Å². The predicted octanol–water partition coefficient (Wildman–Crippen LogP) is 4.19. The third kappa shape index (κ3) is 4.67. The minimum absolute atomic E-state index is 0.0796. The van der Waals surface area contributed by atoms with Crippen LogP contribution in [0.1, 0.15) is 59.2 Å². The van der Waals surface area contributed by atoms with Crippen LogP contribution >= 0.6 is 0 Å². The lowest BCUT2D eigenvalue weighted by Gasteiger charge is -2.20. The van der Waals surface area contributed by atoms with Gasteiger partial charge in [-0.05, 0) is 70.0 Å². The summed E-state index contributed by atoms with van der Waals surface area (Å²) in [6.07, 6.45) is 3.63. The third-order valence-electron chi connectivity index (χ3n) is 4.65. The number of carbonyl (C=O) groups is 2. The maximum absolute atomic E-state index is 12.9. The number of carboxylic acids is 1. The Morgan fingerprint density at radius 1 is 1.00 bits per heavy atom. The van der Waals surface area contributed by atoms with E-state index in [2.05, 4.69) is 26.1 Å². The second-order valence-electron chi connectivity index (χ2n) is 8.04. The van der Waals surface area contributed by atoms with Crippen molar-refractivity contribution in [1.29, 1.82) is 0 Å². The molecule has 0 fully saturated rings. The van der Waals surface area contributed by atoms with Gasteiger partial charge >= 0.3 is 5.97 Å². The van der Waals surface area contributed by atoms with Gasteiger partial charge in [0, 0.05) is 22.8 Å². The van der Waals surface area contributed by atoms with Crippen LogP contribution in [0.2, 0.25) is 0 Å². The fourth-order valence-corrected chi connectivity index (χ4v) is 3.15. The number of carbonyl (C=O) groups excluding carboxylic acids is 1. The van der Waals surface area contributed by atoms with Crippen LogP contribution < -0.4 is 5.32 Å². The maximum atomic E-state index is 12.9. The topological polar surface area (TPSA) is 70.8 Å². The summed E-state index contributed by atoms with van der Waals surface area (Å²) < 4.78 is 1.72. The number of aromatic nitrogens is 1. The molecule has 3 rings (SSSR count). The smallest absolute Gasteiger partial charge is 0.335 e. The highest BCUT2D eigenvalue weighted by Gasteiger charge is 2.14. The van der Waals surface area contributed by atoms with Gasteiger partial charge in [0.1, 0.15) is 0 Å². The molecule has 0 saturated carbocycles. The summed E-state index contributed by atoms with van der Waals surface area (Å²) in [5.41, 5.74) is 3.37. The quantitative estimate of drug-likeness (QED) is 0.478. The lowest BCUT2D eigenvalue weighted by molar-refractivity contribution is 0.0696. The van der Waals surface area contributed by atoms with Crippen molar-refractivity contribution in [3.05, 3.63) is 77.1 Å². The molecule has 5 heteroatoms. The molecule has 0 bridgehead atoms. The summed E-state index contributed by atoms with van der Waals surface area (Å²) >= 11 is 0. The van der Waals surface area contributed by atoms with Crippen LogP contribution in [0.15, 0.2) is 54.7 Å². The fraction of sp³-hybridized carbons (Fsp3) is 0.304. The van der Waals surface area contributed by atoms with E-state index in [1.807, 2.05) is 24.3 Å². The van der Waals surface area contributed by atoms with Crippen molar-refractivity contribution in [1.82, 2.24) is 9.72 Å². The maximum Gasteiger partial charge on any atom is 0.335 e. The highest BCUT2D eigenvalue weighted by Crippen LogP contribution is 2.17. The second-order valence-corrected chi connectivity index (χ2v) is 8.04. The molecular formula is C23H26N2O3. The molecule has 0 saturated heterocycles. The van der Waals surface area contributed by atoms with E-state index in [0.717, 1.165) is 19.4 Å². The highest BCUT2D eigenvalue weighted by atomic mass is 16.4. The molecule has 0 radical (unpaired) electrons. The van der Waals surface area contributed by atoms with Gasteiger partial charge in [0.15, 0.2) is 0 Å². The first kappa shape index (κ1) is 19.8. The average Bonchev–Trinajstić information content (AvgIpc) is 3.07. The van der Waals surface area contributed by atoms with Gasteiger partial charge in [-0.3, -0.25) is 4.79 Å². The minimum Gasteiger partial charge on any atom is -0.478 e.